The standard InChI is InChI=1S/C45H36F4O5/c1-23-39(46)36(41(48)42(49)40(23)47)24-8-17-29-33(20-24)44(2,3)38-30-18-19-45(25-9-13-27(50-4)14-10-25,26-11-15-28(51-5)16-12-26)54-43(30)32-22-35(53-7)34(52-6)21-31(32)37(29)38/h8-22H,1-7H3. The first-order valence-electron chi connectivity index (χ1n) is 17.3. The first-order chi connectivity index (χ1) is 25.9. The summed E-state index contributed by atoms with van der Waals surface area (Å²) in [7, 11) is 6.37. The van der Waals surface area contributed by atoms with E-state index in [2.05, 4.69) is 6.08 Å². The largest absolute Gasteiger partial charge is 0.497 e. The Balaban J connectivity index is 1.42. The van der Waals surface area contributed by atoms with Crippen LogP contribution < -0.4 is 23.7 Å². The Morgan fingerprint density at radius 1 is 0.593 bits per heavy atom. The lowest BCUT2D eigenvalue weighted by Gasteiger charge is -2.38. The number of hydrogen-bond acceptors (Lipinski definition) is 5. The van der Waals surface area contributed by atoms with Gasteiger partial charge in [0.05, 0.1) is 34.0 Å². The molecule has 1 aliphatic heterocycles. The fourth-order valence-electron chi connectivity index (χ4n) is 8.12. The van der Waals surface area contributed by atoms with Crippen LogP contribution in [-0.4, -0.2) is 28.4 Å². The van der Waals surface area contributed by atoms with Crippen molar-refractivity contribution in [2.24, 2.45) is 0 Å². The van der Waals surface area contributed by atoms with Gasteiger partial charge in [-0.2, -0.15) is 0 Å². The molecule has 0 amide bonds. The van der Waals surface area contributed by atoms with Crippen LogP contribution in [-0.2, 0) is 11.0 Å². The van der Waals surface area contributed by atoms with Crippen molar-refractivity contribution in [3.05, 3.63) is 142 Å². The number of methoxy groups -OCH3 is 4. The van der Waals surface area contributed by atoms with E-state index in [4.69, 9.17) is 23.7 Å². The SMILES string of the molecule is COc1ccc(C2(c3ccc(OC)cc3)C=Cc3c4c(c5cc(OC)c(OC)cc5c3O2)-c2ccc(-c3c(F)c(C)c(F)c(F)c3F)cc2C4(C)C)cc1. The maximum absolute atomic E-state index is 15.5. The molecule has 0 saturated heterocycles. The summed E-state index contributed by atoms with van der Waals surface area (Å²) < 4.78 is 89.7. The Bertz CT molecular complexity index is 2460. The highest BCUT2D eigenvalue weighted by atomic mass is 19.2. The Morgan fingerprint density at radius 3 is 1.72 bits per heavy atom. The van der Waals surface area contributed by atoms with E-state index in [1.807, 2.05) is 80.6 Å². The maximum Gasteiger partial charge on any atom is 0.195 e. The van der Waals surface area contributed by atoms with Crippen LogP contribution in [0.4, 0.5) is 17.6 Å². The van der Waals surface area contributed by atoms with Gasteiger partial charge in [0.2, 0.25) is 0 Å². The zero-order valence-corrected chi connectivity index (χ0v) is 30.7. The van der Waals surface area contributed by atoms with Gasteiger partial charge in [-0.25, -0.2) is 17.6 Å². The Kier molecular flexibility index (Phi) is 8.17. The first kappa shape index (κ1) is 35.1. The first-order valence-corrected chi connectivity index (χ1v) is 17.3. The second kappa shape index (κ2) is 12.6. The summed E-state index contributed by atoms with van der Waals surface area (Å²) in [5.41, 5.74) is 2.90. The fraction of sp³-hybridized carbons (Fsp3) is 0.200. The van der Waals surface area contributed by atoms with Gasteiger partial charge < -0.3 is 23.7 Å². The van der Waals surface area contributed by atoms with E-state index in [1.54, 1.807) is 46.6 Å². The zero-order valence-electron chi connectivity index (χ0n) is 30.7. The van der Waals surface area contributed by atoms with Gasteiger partial charge in [-0.3, -0.25) is 0 Å². The van der Waals surface area contributed by atoms with Crippen LogP contribution >= 0.6 is 0 Å². The highest BCUT2D eigenvalue weighted by molar-refractivity contribution is 6.10. The maximum atomic E-state index is 15.5. The number of hydrogen-bond donors (Lipinski definition) is 0. The van der Waals surface area contributed by atoms with Crippen molar-refractivity contribution in [2.45, 2.75) is 31.8 Å². The van der Waals surface area contributed by atoms with E-state index in [-0.39, 0.29) is 5.56 Å². The average molecular weight is 733 g/mol. The third-order valence-corrected chi connectivity index (χ3v) is 10.9. The molecule has 0 aromatic heterocycles. The second-order valence-corrected chi connectivity index (χ2v) is 14.0. The Labute approximate surface area is 310 Å². The molecular formula is C45H36F4O5. The van der Waals surface area contributed by atoms with E-state index in [9.17, 15) is 8.78 Å². The van der Waals surface area contributed by atoms with Crippen molar-refractivity contribution in [1.29, 1.82) is 0 Å². The van der Waals surface area contributed by atoms with Crippen LogP contribution in [0.3, 0.4) is 0 Å². The minimum absolute atomic E-state index is 0.0916. The molecule has 2 aliphatic rings. The quantitative estimate of drug-likeness (QED) is 0.0929. The van der Waals surface area contributed by atoms with E-state index in [0.29, 0.717) is 28.7 Å². The third kappa shape index (κ3) is 4.90. The summed E-state index contributed by atoms with van der Waals surface area (Å²) in [6.07, 6.45) is 4.10. The predicted octanol–water partition coefficient (Wildman–Crippen LogP) is 11.1. The van der Waals surface area contributed by atoms with Gasteiger partial charge in [0.25, 0.3) is 0 Å². The summed E-state index contributed by atoms with van der Waals surface area (Å²) in [5, 5.41) is 1.55. The van der Waals surface area contributed by atoms with Crippen LogP contribution in [0.2, 0.25) is 0 Å². The van der Waals surface area contributed by atoms with E-state index >= 15 is 8.78 Å². The molecular weight excluding hydrogens is 696 g/mol. The lowest BCUT2D eigenvalue weighted by molar-refractivity contribution is 0.163. The summed E-state index contributed by atoms with van der Waals surface area (Å²) in [4.78, 5) is 0. The molecule has 0 atom stereocenters. The highest BCUT2D eigenvalue weighted by Gasteiger charge is 2.45. The molecule has 274 valence electrons. The van der Waals surface area contributed by atoms with Crippen molar-refractivity contribution in [1.82, 2.24) is 0 Å². The minimum Gasteiger partial charge on any atom is -0.497 e. The summed E-state index contributed by atoms with van der Waals surface area (Å²) >= 11 is 0. The smallest absolute Gasteiger partial charge is 0.195 e. The number of halogens is 4. The molecule has 0 radical (unpaired) electrons. The summed E-state index contributed by atoms with van der Waals surface area (Å²) in [6, 6.07) is 24.2. The predicted molar refractivity (Wildman–Crippen MR) is 201 cm³/mol. The molecule has 0 fully saturated rings. The molecule has 0 N–H and O–H groups in total. The van der Waals surface area contributed by atoms with Crippen LogP contribution in [0.5, 0.6) is 28.7 Å². The molecule has 6 aromatic rings. The molecule has 6 aromatic carbocycles. The minimum atomic E-state index is -1.72. The Hall–Kier alpha value is -5.96. The molecule has 0 saturated carbocycles. The van der Waals surface area contributed by atoms with Crippen molar-refractivity contribution in [3.63, 3.8) is 0 Å². The van der Waals surface area contributed by atoms with Gasteiger partial charge in [0, 0.05) is 33.1 Å². The van der Waals surface area contributed by atoms with E-state index in [0.717, 1.165) is 56.6 Å². The van der Waals surface area contributed by atoms with E-state index in [1.165, 1.54) is 0 Å². The van der Waals surface area contributed by atoms with Gasteiger partial charge in [-0.15, -0.1) is 0 Å². The van der Waals surface area contributed by atoms with Crippen molar-refractivity contribution >= 4 is 16.8 Å². The van der Waals surface area contributed by atoms with Crippen LogP contribution in [0, 0.1) is 30.2 Å². The monoisotopic (exact) mass is 732 g/mol. The Morgan fingerprint density at radius 2 is 1.17 bits per heavy atom. The van der Waals surface area contributed by atoms with Crippen LogP contribution in [0.1, 0.15) is 47.2 Å². The van der Waals surface area contributed by atoms with Crippen LogP contribution in [0.25, 0.3) is 39.1 Å². The van der Waals surface area contributed by atoms with Crippen LogP contribution in [0.15, 0.2) is 84.9 Å². The molecule has 5 nitrogen and oxygen atoms in total. The highest BCUT2D eigenvalue weighted by Crippen LogP contribution is 2.59. The number of benzene rings is 6. The number of fused-ring (bicyclic) bond motifs is 8. The normalized spacial score (nSPS) is 14.6. The van der Waals surface area contributed by atoms with Crippen molar-refractivity contribution in [2.75, 3.05) is 28.4 Å². The molecule has 9 heteroatoms. The van der Waals surface area contributed by atoms with Crippen molar-refractivity contribution in [3.8, 4) is 51.0 Å². The van der Waals surface area contributed by atoms with Gasteiger partial charge in [-0.05, 0) is 88.7 Å². The molecule has 54 heavy (non-hydrogen) atoms. The van der Waals surface area contributed by atoms with E-state index < -0.39 is 45.4 Å². The number of ether oxygens (including phenoxy) is 5. The number of rotatable bonds is 7. The van der Waals surface area contributed by atoms with Gasteiger partial charge in [0.15, 0.2) is 34.6 Å². The van der Waals surface area contributed by atoms with Gasteiger partial charge in [-0.1, -0.05) is 56.3 Å². The lowest BCUT2D eigenvalue weighted by Crippen LogP contribution is -2.35. The lowest BCUT2D eigenvalue weighted by atomic mass is 9.76. The summed E-state index contributed by atoms with van der Waals surface area (Å²) in [5.74, 6) is -3.01. The average Bonchev–Trinajstić information content (AvgIpc) is 3.44. The zero-order chi connectivity index (χ0) is 38.3. The van der Waals surface area contributed by atoms with Gasteiger partial charge >= 0.3 is 0 Å². The third-order valence-electron chi connectivity index (χ3n) is 10.9. The molecule has 8 rings (SSSR count). The van der Waals surface area contributed by atoms with Gasteiger partial charge in [0.1, 0.15) is 23.1 Å². The topological polar surface area (TPSA) is 46.2 Å². The molecule has 0 spiro atoms. The molecule has 0 unspecified atom stereocenters. The summed E-state index contributed by atoms with van der Waals surface area (Å²) in [6.45, 7) is 5.15. The molecule has 1 aliphatic carbocycles. The van der Waals surface area contributed by atoms with Crippen molar-refractivity contribution < 1.29 is 41.2 Å². The fourth-order valence-corrected chi connectivity index (χ4v) is 8.12. The molecule has 1 heterocycles. The second-order valence-electron chi connectivity index (χ2n) is 14.0. The molecule has 0 bridgehead atoms.